The highest BCUT2D eigenvalue weighted by Gasteiger charge is 2.31. The van der Waals surface area contributed by atoms with Gasteiger partial charge in [0, 0.05) is 5.69 Å². The second-order valence-electron chi connectivity index (χ2n) is 4.38. The lowest BCUT2D eigenvalue weighted by atomic mass is 10.1. The molecule has 3 rings (SSSR count). The van der Waals surface area contributed by atoms with Crippen LogP contribution in [0.25, 0.3) is 10.9 Å². The molecular formula is C12H11F3N2. The highest BCUT2D eigenvalue weighted by atomic mass is 19.4. The molecule has 0 saturated carbocycles. The summed E-state index contributed by atoms with van der Waals surface area (Å²) in [7, 11) is 0. The monoisotopic (exact) mass is 240 g/mol. The number of alkyl halides is 3. The van der Waals surface area contributed by atoms with Gasteiger partial charge in [-0.15, -0.1) is 0 Å². The Bertz CT molecular complexity index is 583. The van der Waals surface area contributed by atoms with Crippen LogP contribution in [0.2, 0.25) is 0 Å². The van der Waals surface area contributed by atoms with Gasteiger partial charge in [-0.3, -0.25) is 0 Å². The van der Waals surface area contributed by atoms with E-state index < -0.39 is 11.7 Å². The van der Waals surface area contributed by atoms with E-state index in [9.17, 15) is 13.2 Å². The summed E-state index contributed by atoms with van der Waals surface area (Å²) in [6.45, 7) is 0. The maximum atomic E-state index is 12.6. The SMILES string of the molecule is NC1CCc2cc3ccc(C(F)(F)F)cc3n21. The van der Waals surface area contributed by atoms with Gasteiger partial charge in [0.25, 0.3) is 0 Å². The van der Waals surface area contributed by atoms with Gasteiger partial charge in [-0.05, 0) is 36.4 Å². The van der Waals surface area contributed by atoms with Crippen molar-refractivity contribution in [2.45, 2.75) is 25.2 Å². The fraction of sp³-hybridized carbons (Fsp3) is 0.333. The van der Waals surface area contributed by atoms with Crippen molar-refractivity contribution in [2.24, 2.45) is 5.73 Å². The quantitative estimate of drug-likeness (QED) is 0.753. The maximum Gasteiger partial charge on any atom is 0.416 e. The van der Waals surface area contributed by atoms with Crippen molar-refractivity contribution in [1.29, 1.82) is 0 Å². The molecule has 2 heterocycles. The Kier molecular flexibility index (Phi) is 2.04. The molecule has 1 aliphatic rings. The molecule has 0 aliphatic carbocycles. The van der Waals surface area contributed by atoms with Crippen molar-refractivity contribution in [3.63, 3.8) is 0 Å². The van der Waals surface area contributed by atoms with E-state index in [1.807, 2.05) is 10.6 Å². The number of aryl methyl sites for hydroxylation is 1. The summed E-state index contributed by atoms with van der Waals surface area (Å²) in [6.07, 6.45) is -2.88. The Hall–Kier alpha value is -1.49. The van der Waals surface area contributed by atoms with Gasteiger partial charge in [0.15, 0.2) is 0 Å². The van der Waals surface area contributed by atoms with Crippen LogP contribution < -0.4 is 5.73 Å². The molecule has 1 atom stereocenters. The van der Waals surface area contributed by atoms with Crippen LogP contribution in [0.5, 0.6) is 0 Å². The number of rotatable bonds is 0. The Labute approximate surface area is 95.8 Å². The number of hydrogen-bond donors (Lipinski definition) is 1. The van der Waals surface area contributed by atoms with Crippen molar-refractivity contribution < 1.29 is 13.2 Å². The van der Waals surface area contributed by atoms with Crippen molar-refractivity contribution >= 4 is 10.9 Å². The Morgan fingerprint density at radius 3 is 2.71 bits per heavy atom. The second kappa shape index (κ2) is 3.26. The predicted octanol–water partition coefficient (Wildman–Crippen LogP) is 3.06. The Balaban J connectivity index is 2.25. The first-order chi connectivity index (χ1) is 7.97. The van der Waals surface area contributed by atoms with Gasteiger partial charge in [0.1, 0.15) is 0 Å². The lowest BCUT2D eigenvalue weighted by molar-refractivity contribution is -0.137. The molecule has 0 amide bonds. The Morgan fingerprint density at radius 2 is 2.00 bits per heavy atom. The van der Waals surface area contributed by atoms with Gasteiger partial charge in [0.2, 0.25) is 0 Å². The van der Waals surface area contributed by atoms with Crippen molar-refractivity contribution in [1.82, 2.24) is 4.57 Å². The number of aromatic nitrogens is 1. The average molecular weight is 240 g/mol. The summed E-state index contributed by atoms with van der Waals surface area (Å²) < 4.78 is 39.7. The van der Waals surface area contributed by atoms with E-state index >= 15 is 0 Å². The van der Waals surface area contributed by atoms with Gasteiger partial charge in [-0.2, -0.15) is 13.2 Å². The zero-order valence-corrected chi connectivity index (χ0v) is 8.96. The number of benzene rings is 1. The van der Waals surface area contributed by atoms with E-state index in [4.69, 9.17) is 5.73 Å². The van der Waals surface area contributed by atoms with Crippen molar-refractivity contribution in [2.75, 3.05) is 0 Å². The molecule has 2 nitrogen and oxygen atoms in total. The molecule has 0 saturated heterocycles. The van der Waals surface area contributed by atoms with Gasteiger partial charge in [0.05, 0.1) is 17.2 Å². The summed E-state index contributed by atoms with van der Waals surface area (Å²) in [5.41, 5.74) is 6.88. The molecule has 1 aliphatic heterocycles. The first kappa shape index (κ1) is 10.7. The van der Waals surface area contributed by atoms with Gasteiger partial charge < -0.3 is 10.3 Å². The third kappa shape index (κ3) is 1.53. The first-order valence-corrected chi connectivity index (χ1v) is 5.43. The third-order valence-corrected chi connectivity index (χ3v) is 3.28. The van der Waals surface area contributed by atoms with Gasteiger partial charge in [-0.25, -0.2) is 0 Å². The summed E-state index contributed by atoms with van der Waals surface area (Å²) in [5, 5.41) is 0.822. The zero-order chi connectivity index (χ0) is 12.2. The smallest absolute Gasteiger partial charge is 0.329 e. The number of fused-ring (bicyclic) bond motifs is 3. The largest absolute Gasteiger partial charge is 0.416 e. The fourth-order valence-corrected chi connectivity index (χ4v) is 2.46. The molecule has 90 valence electrons. The lowest BCUT2D eigenvalue weighted by Gasteiger charge is -2.11. The summed E-state index contributed by atoms with van der Waals surface area (Å²) >= 11 is 0. The van der Waals surface area contributed by atoms with Crippen LogP contribution >= 0.6 is 0 Å². The molecule has 0 fully saturated rings. The van der Waals surface area contributed by atoms with Crippen LogP contribution in [0.15, 0.2) is 24.3 Å². The molecule has 17 heavy (non-hydrogen) atoms. The number of nitrogens with zero attached hydrogens (tertiary/aromatic N) is 1. The number of nitrogens with two attached hydrogens (primary N) is 1. The zero-order valence-electron chi connectivity index (χ0n) is 8.96. The first-order valence-electron chi connectivity index (χ1n) is 5.43. The van der Waals surface area contributed by atoms with Gasteiger partial charge >= 0.3 is 6.18 Å². The minimum Gasteiger partial charge on any atom is -0.329 e. The van der Waals surface area contributed by atoms with Crippen LogP contribution in [0.4, 0.5) is 13.2 Å². The molecule has 0 radical (unpaired) electrons. The van der Waals surface area contributed by atoms with E-state index in [1.165, 1.54) is 12.1 Å². The fourth-order valence-electron chi connectivity index (χ4n) is 2.46. The summed E-state index contributed by atoms with van der Waals surface area (Å²) in [6, 6.07) is 5.73. The molecule has 0 spiro atoms. The van der Waals surface area contributed by atoms with E-state index in [1.54, 1.807) is 0 Å². The topological polar surface area (TPSA) is 30.9 Å². The number of hydrogen-bond acceptors (Lipinski definition) is 1. The normalized spacial score (nSPS) is 19.9. The van der Waals surface area contributed by atoms with Gasteiger partial charge in [-0.1, -0.05) is 6.07 Å². The van der Waals surface area contributed by atoms with Crippen LogP contribution in [0, 0.1) is 0 Å². The lowest BCUT2D eigenvalue weighted by Crippen LogP contribution is -2.14. The molecule has 1 unspecified atom stereocenters. The van der Waals surface area contributed by atoms with Crippen LogP contribution in [0.3, 0.4) is 0 Å². The van der Waals surface area contributed by atoms with Crippen molar-refractivity contribution in [3.05, 3.63) is 35.5 Å². The van der Waals surface area contributed by atoms with E-state index in [0.29, 0.717) is 5.52 Å². The standard InChI is InChI=1S/C12H11F3N2/c13-12(14,15)8-2-1-7-5-9-3-4-11(16)17(9)10(7)6-8/h1-2,5-6,11H,3-4,16H2. The molecule has 0 bridgehead atoms. The highest BCUT2D eigenvalue weighted by molar-refractivity contribution is 5.82. The van der Waals surface area contributed by atoms with Crippen LogP contribution in [0.1, 0.15) is 23.8 Å². The maximum absolute atomic E-state index is 12.6. The third-order valence-electron chi connectivity index (χ3n) is 3.28. The van der Waals surface area contributed by atoms with E-state index in [2.05, 4.69) is 0 Å². The van der Waals surface area contributed by atoms with Crippen LogP contribution in [-0.2, 0) is 12.6 Å². The average Bonchev–Trinajstić information content (AvgIpc) is 2.76. The number of halogens is 3. The minimum absolute atomic E-state index is 0.203. The second-order valence-corrected chi connectivity index (χ2v) is 4.38. The summed E-state index contributed by atoms with van der Waals surface area (Å²) in [4.78, 5) is 0. The molecule has 1 aromatic heterocycles. The Morgan fingerprint density at radius 1 is 1.24 bits per heavy atom. The van der Waals surface area contributed by atoms with E-state index in [-0.39, 0.29) is 6.17 Å². The molecular weight excluding hydrogens is 229 g/mol. The predicted molar refractivity (Wildman–Crippen MR) is 58.5 cm³/mol. The van der Waals surface area contributed by atoms with E-state index in [0.717, 1.165) is 30.0 Å². The molecule has 5 heteroatoms. The molecule has 2 aromatic rings. The minimum atomic E-state index is -4.30. The van der Waals surface area contributed by atoms with Crippen molar-refractivity contribution in [3.8, 4) is 0 Å². The highest BCUT2D eigenvalue weighted by Crippen LogP contribution is 2.35. The summed E-state index contributed by atoms with van der Waals surface area (Å²) in [5.74, 6) is 0. The van der Waals surface area contributed by atoms with Crippen LogP contribution in [-0.4, -0.2) is 4.57 Å². The molecule has 2 N–H and O–H groups in total. The molecule has 1 aromatic carbocycles.